The van der Waals surface area contributed by atoms with Crippen LogP contribution in [0.1, 0.15) is 137 Å². The largest absolute Gasteiger partial charge is 0.481 e. The Morgan fingerprint density at radius 1 is 0.525 bits per heavy atom. The third-order valence-electron chi connectivity index (χ3n) is 8.16. The molecule has 40 heavy (non-hydrogen) atoms. The Balaban J connectivity index is 4.37. The maximum absolute atomic E-state index is 11.6. The monoisotopic (exact) mass is 568 g/mol. The van der Waals surface area contributed by atoms with Crippen molar-refractivity contribution in [3.05, 3.63) is 12.2 Å². The van der Waals surface area contributed by atoms with E-state index >= 15 is 0 Å². The lowest BCUT2D eigenvalue weighted by atomic mass is 10.0. The summed E-state index contributed by atoms with van der Waals surface area (Å²) in [5, 5.41) is 28.5. The van der Waals surface area contributed by atoms with Crippen LogP contribution in [0.3, 0.4) is 0 Å². The molecule has 3 unspecified atom stereocenters. The summed E-state index contributed by atoms with van der Waals surface area (Å²) in [6.07, 6.45) is 26.1. The minimum Gasteiger partial charge on any atom is -0.481 e. The SMILES string of the molecule is CCCCCCCCCCCCCCCCC/C=C/CC[N+](CC(C)C(=O)O)(CC(C)C(=O)O)CC(C)C(=O)O. The standard InChI is InChI=1S/C33H61NO6/c1-5-6-7-8-9-10-11-12-13-14-15-16-17-18-19-20-21-22-23-24-34(25-28(2)31(35)36,26-29(3)32(37)38)27-30(4)33(39)40/h21-22,28-30H,5-20,23-27H2,1-4H3,(H2-,35,36,37,38,39,40)/p+1/b22-21+. The van der Waals surface area contributed by atoms with Crippen molar-refractivity contribution in [3.63, 3.8) is 0 Å². The van der Waals surface area contributed by atoms with Crippen LogP contribution >= 0.6 is 0 Å². The molecule has 0 aromatic heterocycles. The quantitative estimate of drug-likeness (QED) is 0.0498. The number of unbranched alkanes of at least 4 members (excludes halogenated alkanes) is 15. The zero-order valence-electron chi connectivity index (χ0n) is 26.2. The summed E-state index contributed by atoms with van der Waals surface area (Å²) in [5.41, 5.74) is 0. The van der Waals surface area contributed by atoms with Crippen molar-refractivity contribution in [2.75, 3.05) is 26.2 Å². The molecule has 0 aromatic rings. The molecule has 0 amide bonds. The van der Waals surface area contributed by atoms with Crippen LogP contribution in [0.4, 0.5) is 0 Å². The van der Waals surface area contributed by atoms with E-state index in [1.807, 2.05) is 0 Å². The molecular formula is C33H62NO6+. The van der Waals surface area contributed by atoms with E-state index in [1.54, 1.807) is 20.8 Å². The Morgan fingerprint density at radius 3 is 1.15 bits per heavy atom. The van der Waals surface area contributed by atoms with Crippen molar-refractivity contribution in [1.29, 1.82) is 0 Å². The second-order valence-electron chi connectivity index (χ2n) is 12.3. The predicted octanol–water partition coefficient (Wildman–Crippen LogP) is 8.17. The van der Waals surface area contributed by atoms with Gasteiger partial charge in [-0.3, -0.25) is 14.4 Å². The van der Waals surface area contributed by atoms with Crippen molar-refractivity contribution >= 4 is 17.9 Å². The van der Waals surface area contributed by atoms with Crippen LogP contribution in [0.2, 0.25) is 0 Å². The van der Waals surface area contributed by atoms with E-state index in [1.165, 1.54) is 89.9 Å². The van der Waals surface area contributed by atoms with Crippen molar-refractivity contribution in [1.82, 2.24) is 0 Å². The zero-order valence-corrected chi connectivity index (χ0v) is 26.2. The fraction of sp³-hybridized carbons (Fsp3) is 0.848. The molecule has 7 heteroatoms. The highest BCUT2D eigenvalue weighted by Crippen LogP contribution is 2.21. The van der Waals surface area contributed by atoms with Gasteiger partial charge < -0.3 is 19.8 Å². The third kappa shape index (κ3) is 20.1. The molecule has 7 nitrogen and oxygen atoms in total. The van der Waals surface area contributed by atoms with Gasteiger partial charge in [0.1, 0.15) is 17.8 Å². The van der Waals surface area contributed by atoms with Crippen LogP contribution in [0.25, 0.3) is 0 Å². The second kappa shape index (κ2) is 23.8. The lowest BCUT2D eigenvalue weighted by molar-refractivity contribution is -0.933. The number of hydrogen-bond acceptors (Lipinski definition) is 3. The van der Waals surface area contributed by atoms with Gasteiger partial charge in [0.05, 0.1) is 26.2 Å². The van der Waals surface area contributed by atoms with Gasteiger partial charge in [-0.15, -0.1) is 0 Å². The maximum atomic E-state index is 11.6. The number of quaternary nitrogens is 1. The Kier molecular flexibility index (Phi) is 22.7. The first kappa shape index (κ1) is 38.1. The molecule has 3 atom stereocenters. The molecule has 0 aliphatic carbocycles. The van der Waals surface area contributed by atoms with Gasteiger partial charge in [-0.1, -0.05) is 109 Å². The van der Waals surface area contributed by atoms with E-state index in [4.69, 9.17) is 0 Å². The van der Waals surface area contributed by atoms with Gasteiger partial charge in [-0.05, 0) is 33.6 Å². The van der Waals surface area contributed by atoms with Crippen molar-refractivity contribution < 1.29 is 34.2 Å². The summed E-state index contributed by atoms with van der Waals surface area (Å²) in [7, 11) is 0. The topological polar surface area (TPSA) is 112 Å². The summed E-state index contributed by atoms with van der Waals surface area (Å²) in [6.45, 7) is 8.28. The van der Waals surface area contributed by atoms with Gasteiger partial charge in [0, 0.05) is 6.42 Å². The van der Waals surface area contributed by atoms with Crippen LogP contribution < -0.4 is 0 Å². The minimum atomic E-state index is -0.947. The molecule has 0 spiro atoms. The smallest absolute Gasteiger partial charge is 0.311 e. The number of rotatable bonds is 28. The molecule has 0 heterocycles. The van der Waals surface area contributed by atoms with Gasteiger partial charge in [-0.2, -0.15) is 0 Å². The average molecular weight is 569 g/mol. The summed E-state index contributed by atoms with van der Waals surface area (Å²) < 4.78 is 0.178. The van der Waals surface area contributed by atoms with E-state index in [-0.39, 0.29) is 24.1 Å². The average Bonchev–Trinajstić information content (AvgIpc) is 2.89. The first-order valence-corrected chi connectivity index (χ1v) is 16.2. The molecular weight excluding hydrogens is 506 g/mol. The van der Waals surface area contributed by atoms with Crippen molar-refractivity contribution in [2.45, 2.75) is 137 Å². The fourth-order valence-corrected chi connectivity index (χ4v) is 5.69. The second-order valence-corrected chi connectivity index (χ2v) is 12.3. The number of aliphatic carboxylic acids is 3. The van der Waals surface area contributed by atoms with E-state index < -0.39 is 35.7 Å². The lowest BCUT2D eigenvalue weighted by Gasteiger charge is -2.42. The van der Waals surface area contributed by atoms with Gasteiger partial charge in [0.25, 0.3) is 0 Å². The van der Waals surface area contributed by atoms with Crippen LogP contribution in [0.5, 0.6) is 0 Å². The Bertz CT molecular complexity index is 652. The number of carboxylic acids is 3. The van der Waals surface area contributed by atoms with Crippen LogP contribution in [0, 0.1) is 17.8 Å². The number of hydrogen-bond donors (Lipinski definition) is 3. The normalized spacial score (nSPS) is 15.5. The molecule has 0 bridgehead atoms. The molecule has 3 N–H and O–H groups in total. The molecule has 0 aliphatic heterocycles. The Hall–Kier alpha value is -1.89. The Labute approximate surface area is 245 Å². The molecule has 0 rings (SSSR count). The molecule has 0 fully saturated rings. The number of nitrogens with zero attached hydrogens (tertiary/aromatic N) is 1. The van der Waals surface area contributed by atoms with Gasteiger partial charge in [0.2, 0.25) is 0 Å². The fourth-order valence-electron chi connectivity index (χ4n) is 5.69. The lowest BCUT2D eigenvalue weighted by Crippen LogP contribution is -2.57. The zero-order chi connectivity index (χ0) is 30.2. The number of carbonyl (C=O) groups is 3. The van der Waals surface area contributed by atoms with Crippen molar-refractivity contribution in [2.24, 2.45) is 17.8 Å². The van der Waals surface area contributed by atoms with Crippen LogP contribution in [-0.2, 0) is 14.4 Å². The predicted molar refractivity (Wildman–Crippen MR) is 163 cm³/mol. The van der Waals surface area contributed by atoms with E-state index in [0.29, 0.717) is 13.0 Å². The first-order valence-electron chi connectivity index (χ1n) is 16.2. The minimum absolute atomic E-state index is 0.178. The molecule has 0 saturated heterocycles. The molecule has 0 aliphatic rings. The van der Waals surface area contributed by atoms with E-state index in [0.717, 1.165) is 12.8 Å². The summed E-state index contributed by atoms with van der Waals surface area (Å²) >= 11 is 0. The van der Waals surface area contributed by atoms with E-state index in [9.17, 15) is 29.7 Å². The van der Waals surface area contributed by atoms with Gasteiger partial charge in [0.15, 0.2) is 0 Å². The summed E-state index contributed by atoms with van der Waals surface area (Å²) in [4.78, 5) is 34.8. The number of carboxylic acid groups (broad SMARTS) is 3. The molecule has 0 aromatic carbocycles. The Morgan fingerprint density at radius 2 is 0.825 bits per heavy atom. The highest BCUT2D eigenvalue weighted by molar-refractivity contribution is 5.70. The summed E-state index contributed by atoms with van der Waals surface area (Å²) in [6, 6.07) is 0. The first-order chi connectivity index (χ1) is 19.0. The van der Waals surface area contributed by atoms with Crippen molar-refractivity contribution in [3.8, 4) is 0 Å². The number of allylic oxidation sites excluding steroid dienone is 1. The maximum Gasteiger partial charge on any atom is 0.311 e. The van der Waals surface area contributed by atoms with Crippen LogP contribution in [0.15, 0.2) is 12.2 Å². The van der Waals surface area contributed by atoms with Gasteiger partial charge in [-0.25, -0.2) is 0 Å². The van der Waals surface area contributed by atoms with Crippen LogP contribution in [-0.4, -0.2) is 63.9 Å². The highest BCUT2D eigenvalue weighted by atomic mass is 16.4. The third-order valence-corrected chi connectivity index (χ3v) is 8.16. The highest BCUT2D eigenvalue weighted by Gasteiger charge is 2.37. The summed E-state index contributed by atoms with van der Waals surface area (Å²) in [5.74, 6) is -4.91. The van der Waals surface area contributed by atoms with Gasteiger partial charge >= 0.3 is 17.9 Å². The van der Waals surface area contributed by atoms with E-state index in [2.05, 4.69) is 19.1 Å². The molecule has 234 valence electrons. The molecule has 0 radical (unpaired) electrons. The molecule has 0 saturated carbocycles.